The fourth-order valence-electron chi connectivity index (χ4n) is 4.51. The van der Waals surface area contributed by atoms with Crippen molar-refractivity contribution >= 4 is 29.1 Å². The molecule has 2 heterocycles. The molecule has 0 unspecified atom stereocenters. The summed E-state index contributed by atoms with van der Waals surface area (Å²) in [7, 11) is 0. The highest BCUT2D eigenvalue weighted by molar-refractivity contribution is 6.31. The fourth-order valence-corrected chi connectivity index (χ4v) is 4.80. The van der Waals surface area contributed by atoms with Crippen molar-refractivity contribution in [2.45, 2.75) is 50.0 Å². The van der Waals surface area contributed by atoms with Gasteiger partial charge in [-0.05, 0) is 49.9 Å². The van der Waals surface area contributed by atoms with Crippen molar-refractivity contribution in [2.24, 2.45) is 0 Å². The van der Waals surface area contributed by atoms with Crippen molar-refractivity contribution < 1.29 is 22.8 Å². The van der Waals surface area contributed by atoms with E-state index in [4.69, 9.17) is 11.6 Å². The van der Waals surface area contributed by atoms with Crippen molar-refractivity contribution in [3.05, 3.63) is 28.8 Å². The zero-order valence-electron chi connectivity index (χ0n) is 16.6. The molecule has 2 atom stereocenters. The van der Waals surface area contributed by atoms with Crippen LogP contribution in [-0.2, 0) is 9.59 Å². The van der Waals surface area contributed by atoms with Crippen LogP contribution in [0.15, 0.2) is 18.2 Å². The average Bonchev–Trinajstić information content (AvgIpc) is 3.15. The molecule has 0 aromatic heterocycles. The van der Waals surface area contributed by atoms with Crippen LogP contribution in [0.2, 0.25) is 5.02 Å². The fraction of sp³-hybridized carbons (Fsp3) is 0.600. The van der Waals surface area contributed by atoms with Crippen molar-refractivity contribution in [1.29, 1.82) is 0 Å². The maximum Gasteiger partial charge on any atom is 0.411 e. The Kier molecular flexibility index (Phi) is 5.48. The Morgan fingerprint density at radius 3 is 2.20 bits per heavy atom. The average molecular weight is 445 g/mol. The van der Waals surface area contributed by atoms with E-state index in [9.17, 15) is 22.8 Å². The molecule has 3 aliphatic rings. The highest BCUT2D eigenvalue weighted by Crippen LogP contribution is 2.48. The standard InChI is InChI=1S/C20H24ClF3N4O2/c1-12-4-13(21)6-14(5-12)25-17(29)10-27-8-16-7-15(27)9-28(16)11-18(30)26-19(2-3-19)20(22,23)24/h4-6,15-16H,2-3,7-11H2,1H3,(H,25,29)(H,26,30)/t15-,16-/m0/s1. The third-order valence-corrected chi connectivity index (χ3v) is 6.38. The summed E-state index contributed by atoms with van der Waals surface area (Å²) < 4.78 is 39.0. The van der Waals surface area contributed by atoms with Gasteiger partial charge in [0.05, 0.1) is 13.1 Å². The molecule has 1 aliphatic carbocycles. The summed E-state index contributed by atoms with van der Waals surface area (Å²) in [6.45, 7) is 3.27. The number of aryl methyl sites for hydroxylation is 1. The lowest BCUT2D eigenvalue weighted by Crippen LogP contribution is -2.54. The van der Waals surface area contributed by atoms with Crippen molar-refractivity contribution in [3.8, 4) is 0 Å². The monoisotopic (exact) mass is 444 g/mol. The summed E-state index contributed by atoms with van der Waals surface area (Å²) >= 11 is 6.02. The van der Waals surface area contributed by atoms with Gasteiger partial charge in [0.1, 0.15) is 5.54 Å². The molecule has 2 aliphatic heterocycles. The molecule has 164 valence electrons. The van der Waals surface area contributed by atoms with Gasteiger partial charge in [0.2, 0.25) is 11.8 Å². The molecule has 4 rings (SSSR count). The number of rotatable bonds is 6. The summed E-state index contributed by atoms with van der Waals surface area (Å²) in [6, 6.07) is 5.53. The summed E-state index contributed by atoms with van der Waals surface area (Å²) in [5.74, 6) is -0.729. The van der Waals surface area contributed by atoms with E-state index in [2.05, 4.69) is 15.5 Å². The minimum atomic E-state index is -4.40. The zero-order valence-corrected chi connectivity index (χ0v) is 17.3. The number of carbonyl (C=O) groups excluding carboxylic acids is 2. The number of benzene rings is 1. The van der Waals surface area contributed by atoms with Gasteiger partial charge < -0.3 is 10.6 Å². The van der Waals surface area contributed by atoms with Crippen molar-refractivity contribution in [3.63, 3.8) is 0 Å². The maximum absolute atomic E-state index is 13.0. The third kappa shape index (κ3) is 4.43. The molecule has 1 aromatic rings. The Balaban J connectivity index is 1.25. The van der Waals surface area contributed by atoms with E-state index < -0.39 is 17.6 Å². The number of fused-ring (bicyclic) bond motifs is 2. The van der Waals surface area contributed by atoms with Gasteiger partial charge in [-0.3, -0.25) is 19.4 Å². The van der Waals surface area contributed by atoms with Crippen molar-refractivity contribution in [1.82, 2.24) is 15.1 Å². The number of alkyl halides is 3. The van der Waals surface area contributed by atoms with Gasteiger partial charge in [0.25, 0.3) is 0 Å². The number of piperazine rings is 1. The first kappa shape index (κ1) is 21.4. The maximum atomic E-state index is 13.0. The summed E-state index contributed by atoms with van der Waals surface area (Å²) in [5.41, 5.74) is -0.428. The Morgan fingerprint density at radius 1 is 1.10 bits per heavy atom. The molecule has 0 radical (unpaired) electrons. The smallest absolute Gasteiger partial charge is 0.341 e. The number of halogens is 4. The summed E-state index contributed by atoms with van der Waals surface area (Å²) in [4.78, 5) is 28.5. The largest absolute Gasteiger partial charge is 0.411 e. The number of nitrogens with zero attached hydrogens (tertiary/aromatic N) is 2. The summed E-state index contributed by atoms with van der Waals surface area (Å²) in [6.07, 6.45) is -3.70. The first-order valence-corrected chi connectivity index (χ1v) is 10.4. The SMILES string of the molecule is Cc1cc(Cl)cc(NC(=O)CN2C[C@@H]3C[C@H]2CN3CC(=O)NC2(C(F)(F)F)CC2)c1. The van der Waals surface area contributed by atoms with Gasteiger partial charge in [-0.25, -0.2) is 0 Å². The minimum absolute atomic E-state index is 0.0408. The number of hydrogen-bond donors (Lipinski definition) is 2. The molecule has 1 aromatic carbocycles. The normalized spacial score (nSPS) is 25.4. The third-order valence-electron chi connectivity index (χ3n) is 6.16. The number of likely N-dealkylation sites (tertiary alicyclic amines) is 2. The Bertz CT molecular complexity index is 839. The molecule has 1 saturated carbocycles. The predicted molar refractivity (Wildman–Crippen MR) is 106 cm³/mol. The molecule has 3 fully saturated rings. The van der Waals surface area contributed by atoms with Crippen LogP contribution in [0.4, 0.5) is 18.9 Å². The first-order chi connectivity index (χ1) is 14.0. The molecular weight excluding hydrogens is 421 g/mol. The van der Waals surface area contributed by atoms with Crippen molar-refractivity contribution in [2.75, 3.05) is 31.5 Å². The highest BCUT2D eigenvalue weighted by atomic mass is 35.5. The van der Waals surface area contributed by atoms with Gasteiger partial charge in [-0.15, -0.1) is 0 Å². The second kappa shape index (κ2) is 7.69. The lowest BCUT2D eigenvalue weighted by atomic mass is 10.2. The van der Waals surface area contributed by atoms with Crippen LogP contribution in [-0.4, -0.2) is 71.6 Å². The second-order valence-electron chi connectivity index (χ2n) is 8.60. The van der Waals surface area contributed by atoms with E-state index in [-0.39, 0.29) is 43.9 Å². The van der Waals surface area contributed by atoms with Crippen LogP contribution in [0.25, 0.3) is 0 Å². The lowest BCUT2D eigenvalue weighted by Gasteiger charge is -2.33. The van der Waals surface area contributed by atoms with Gasteiger partial charge in [0.15, 0.2) is 0 Å². The predicted octanol–water partition coefficient (Wildman–Crippen LogP) is 2.56. The molecule has 0 spiro atoms. The topological polar surface area (TPSA) is 64.7 Å². The van der Waals surface area contributed by atoms with Gasteiger partial charge in [-0.1, -0.05) is 11.6 Å². The Morgan fingerprint density at radius 2 is 1.70 bits per heavy atom. The van der Waals surface area contributed by atoms with Crippen LogP contribution >= 0.6 is 11.6 Å². The number of hydrogen-bond acceptors (Lipinski definition) is 4. The molecular formula is C20H24ClF3N4O2. The number of carbonyl (C=O) groups is 2. The van der Waals surface area contributed by atoms with Gasteiger partial charge >= 0.3 is 6.18 Å². The quantitative estimate of drug-likeness (QED) is 0.708. The lowest BCUT2D eigenvalue weighted by molar-refractivity contribution is -0.170. The van der Waals surface area contributed by atoms with E-state index in [0.29, 0.717) is 23.8 Å². The Hall–Kier alpha value is -1.84. The number of anilines is 1. The molecule has 2 bridgehead atoms. The van der Waals surface area contributed by atoms with E-state index in [0.717, 1.165) is 12.0 Å². The molecule has 10 heteroatoms. The first-order valence-electron chi connectivity index (χ1n) is 9.97. The summed E-state index contributed by atoms with van der Waals surface area (Å²) in [5, 5.41) is 5.58. The molecule has 2 saturated heterocycles. The Labute approximate surface area is 177 Å². The van der Waals surface area contributed by atoms with Crippen LogP contribution in [0.5, 0.6) is 0 Å². The highest BCUT2D eigenvalue weighted by Gasteiger charge is 2.64. The van der Waals surface area contributed by atoms with Gasteiger partial charge in [0, 0.05) is 35.9 Å². The molecule has 2 N–H and O–H groups in total. The van der Waals surface area contributed by atoms with Crippen LogP contribution in [0.1, 0.15) is 24.8 Å². The van der Waals surface area contributed by atoms with Crippen LogP contribution in [0, 0.1) is 6.92 Å². The molecule has 6 nitrogen and oxygen atoms in total. The van der Waals surface area contributed by atoms with E-state index >= 15 is 0 Å². The second-order valence-corrected chi connectivity index (χ2v) is 9.03. The minimum Gasteiger partial charge on any atom is -0.341 e. The molecule has 30 heavy (non-hydrogen) atoms. The van der Waals surface area contributed by atoms with E-state index in [1.165, 1.54) is 0 Å². The van der Waals surface area contributed by atoms with Crippen LogP contribution in [0.3, 0.4) is 0 Å². The number of nitrogens with one attached hydrogen (secondary N) is 2. The van der Waals surface area contributed by atoms with Crippen LogP contribution < -0.4 is 10.6 Å². The number of amides is 2. The molecule has 2 amide bonds. The van der Waals surface area contributed by atoms with E-state index in [1.807, 2.05) is 17.9 Å². The van der Waals surface area contributed by atoms with E-state index in [1.54, 1.807) is 12.1 Å². The zero-order chi connectivity index (χ0) is 21.7. The van der Waals surface area contributed by atoms with Gasteiger partial charge in [-0.2, -0.15) is 13.2 Å².